The van der Waals surface area contributed by atoms with Gasteiger partial charge in [-0.3, -0.25) is 9.36 Å². The van der Waals surface area contributed by atoms with Gasteiger partial charge in [0.2, 0.25) is 11.8 Å². The fourth-order valence-electron chi connectivity index (χ4n) is 3.91. The first kappa shape index (κ1) is 24.9. The van der Waals surface area contributed by atoms with E-state index in [0.717, 1.165) is 25.9 Å². The molecule has 1 aliphatic rings. The van der Waals surface area contributed by atoms with Crippen LogP contribution in [0.2, 0.25) is 0 Å². The lowest BCUT2D eigenvalue weighted by Crippen LogP contribution is -2.43. The molecule has 1 N–H and O–H groups in total. The summed E-state index contributed by atoms with van der Waals surface area (Å²) < 4.78 is 20.2. The number of allylic oxidation sites excluding steroid dienone is 5. The first-order valence-corrected chi connectivity index (χ1v) is 11.0. The summed E-state index contributed by atoms with van der Waals surface area (Å²) in [6, 6.07) is 5.73. The van der Waals surface area contributed by atoms with Crippen molar-refractivity contribution in [1.82, 2.24) is 19.9 Å². The van der Waals surface area contributed by atoms with Crippen LogP contribution < -0.4 is 20.5 Å². The third kappa shape index (κ3) is 5.41. The van der Waals surface area contributed by atoms with Crippen LogP contribution in [0.4, 0.5) is 10.3 Å². The number of anilines is 1. The minimum atomic E-state index is -0.765. The number of rotatable bonds is 8. The molecular formula is C25H29FN6O2. The summed E-state index contributed by atoms with van der Waals surface area (Å²) in [6.07, 6.45) is 7.74. The molecule has 0 atom stereocenters. The van der Waals surface area contributed by atoms with Crippen LogP contribution in [0.15, 0.2) is 53.5 Å². The second-order valence-corrected chi connectivity index (χ2v) is 7.92. The number of ether oxygens (including phenoxy) is 1. The van der Waals surface area contributed by atoms with Gasteiger partial charge >= 0.3 is 0 Å². The lowest BCUT2D eigenvalue weighted by molar-refractivity contribution is 0.398. The van der Waals surface area contributed by atoms with E-state index in [1.165, 1.54) is 30.0 Å². The summed E-state index contributed by atoms with van der Waals surface area (Å²) in [5.41, 5.74) is 1.45. The number of pyridine rings is 1. The Bertz CT molecular complexity index is 1190. The maximum Gasteiger partial charge on any atom is 0.263 e. The Balaban J connectivity index is 2.21. The summed E-state index contributed by atoms with van der Waals surface area (Å²) >= 11 is 0. The molecule has 3 rings (SSSR count). The normalized spacial score (nSPS) is 14.9. The minimum Gasteiger partial charge on any atom is -0.481 e. The molecule has 3 heterocycles. The van der Waals surface area contributed by atoms with Crippen LogP contribution in [-0.2, 0) is 7.05 Å². The Morgan fingerprint density at radius 1 is 1.38 bits per heavy atom. The molecule has 9 heteroatoms. The zero-order chi connectivity index (χ0) is 24.7. The standard InChI is InChI=1S/C25H29FN6O2/c1-17(15-27)5-6-18(9-12-26)23-22(19-7-8-21(34-4)29-16-19)24(33)31(3)25(30-23)32-13-10-20(28-2)11-14-32/h5-9,16,20,28H,1,10-14H2,2-4H3/b6-5-,18-9+. The summed E-state index contributed by atoms with van der Waals surface area (Å²) in [7, 11) is 5.14. The lowest BCUT2D eigenvalue weighted by atomic mass is 10.00. The van der Waals surface area contributed by atoms with E-state index in [2.05, 4.69) is 21.8 Å². The summed E-state index contributed by atoms with van der Waals surface area (Å²) in [5, 5.41) is 12.4. The van der Waals surface area contributed by atoms with Crippen LogP contribution >= 0.6 is 0 Å². The van der Waals surface area contributed by atoms with Crippen molar-refractivity contribution in [1.29, 1.82) is 5.26 Å². The largest absolute Gasteiger partial charge is 0.481 e. The number of hydrogen-bond acceptors (Lipinski definition) is 7. The fraction of sp³-hybridized carbons (Fsp3) is 0.360. The zero-order valence-electron chi connectivity index (χ0n) is 19.7. The molecule has 1 fully saturated rings. The van der Waals surface area contributed by atoms with E-state index >= 15 is 0 Å². The summed E-state index contributed by atoms with van der Waals surface area (Å²) in [4.78, 5) is 24.8. The van der Waals surface area contributed by atoms with Crippen LogP contribution in [0.25, 0.3) is 16.7 Å². The highest BCUT2D eigenvalue weighted by Crippen LogP contribution is 2.29. The van der Waals surface area contributed by atoms with Gasteiger partial charge in [0.25, 0.3) is 5.56 Å². The number of methoxy groups -OCH3 is 1. The fourth-order valence-corrected chi connectivity index (χ4v) is 3.91. The van der Waals surface area contributed by atoms with Crippen molar-refractivity contribution in [2.24, 2.45) is 7.05 Å². The number of nitriles is 1. The van der Waals surface area contributed by atoms with Gasteiger partial charge in [-0.25, -0.2) is 14.4 Å². The average molecular weight is 465 g/mol. The Morgan fingerprint density at radius 2 is 2.12 bits per heavy atom. The van der Waals surface area contributed by atoms with Crippen molar-refractivity contribution < 1.29 is 9.13 Å². The molecule has 2 aromatic heterocycles. The van der Waals surface area contributed by atoms with E-state index in [9.17, 15) is 9.18 Å². The molecule has 2 aromatic rings. The van der Waals surface area contributed by atoms with E-state index < -0.39 is 6.67 Å². The molecule has 0 saturated carbocycles. The molecule has 178 valence electrons. The van der Waals surface area contributed by atoms with Gasteiger partial charge in [0.05, 0.1) is 24.4 Å². The molecule has 0 bridgehead atoms. The van der Waals surface area contributed by atoms with E-state index in [-0.39, 0.29) is 11.1 Å². The Kier molecular flexibility index (Phi) is 8.33. The second kappa shape index (κ2) is 11.4. The van der Waals surface area contributed by atoms with Crippen molar-refractivity contribution in [2.45, 2.75) is 18.9 Å². The van der Waals surface area contributed by atoms with E-state index in [1.807, 2.05) is 13.1 Å². The summed E-state index contributed by atoms with van der Waals surface area (Å²) in [5.74, 6) is 0.917. The number of piperidine rings is 1. The number of nitrogens with one attached hydrogen (secondary N) is 1. The van der Waals surface area contributed by atoms with Gasteiger partial charge in [-0.2, -0.15) is 5.26 Å². The molecule has 0 aliphatic carbocycles. The van der Waals surface area contributed by atoms with E-state index in [4.69, 9.17) is 15.0 Å². The van der Waals surface area contributed by atoms with E-state index in [0.29, 0.717) is 40.3 Å². The molecule has 0 aromatic carbocycles. The third-order valence-electron chi connectivity index (χ3n) is 5.87. The Morgan fingerprint density at radius 3 is 2.68 bits per heavy atom. The van der Waals surface area contributed by atoms with Crippen molar-refractivity contribution in [2.75, 3.05) is 38.8 Å². The number of alkyl halides is 1. The first-order chi connectivity index (χ1) is 16.4. The molecule has 34 heavy (non-hydrogen) atoms. The van der Waals surface area contributed by atoms with Crippen LogP contribution in [0.3, 0.4) is 0 Å². The van der Waals surface area contributed by atoms with Crippen molar-refractivity contribution in [3.05, 3.63) is 64.8 Å². The number of hydrogen-bond donors (Lipinski definition) is 1. The van der Waals surface area contributed by atoms with E-state index in [1.54, 1.807) is 25.3 Å². The highest BCUT2D eigenvalue weighted by atomic mass is 19.1. The molecule has 0 radical (unpaired) electrons. The monoisotopic (exact) mass is 464 g/mol. The van der Waals surface area contributed by atoms with Crippen LogP contribution in [-0.4, -0.2) is 54.5 Å². The van der Waals surface area contributed by atoms with Crippen molar-refractivity contribution in [3.63, 3.8) is 0 Å². The Labute approximate surface area is 198 Å². The smallest absolute Gasteiger partial charge is 0.263 e. The van der Waals surface area contributed by atoms with Crippen LogP contribution in [0.1, 0.15) is 18.5 Å². The quantitative estimate of drug-likeness (QED) is 0.474. The average Bonchev–Trinajstić information content (AvgIpc) is 2.88. The molecule has 1 aliphatic heterocycles. The SMILES string of the molecule is C=C(C#N)/C=C\C(=C/CF)c1nc(N2CCC(NC)CC2)n(C)c(=O)c1-c1ccc(OC)nc1. The van der Waals surface area contributed by atoms with Crippen LogP contribution in [0.5, 0.6) is 5.88 Å². The molecular weight excluding hydrogens is 435 g/mol. The topological polar surface area (TPSA) is 96.1 Å². The molecule has 1 saturated heterocycles. The zero-order valence-corrected chi connectivity index (χ0v) is 19.7. The predicted octanol–water partition coefficient (Wildman–Crippen LogP) is 3.03. The summed E-state index contributed by atoms with van der Waals surface area (Å²) in [6.45, 7) is 4.35. The number of aromatic nitrogens is 3. The van der Waals surface area contributed by atoms with Gasteiger partial charge in [-0.15, -0.1) is 0 Å². The third-order valence-corrected chi connectivity index (χ3v) is 5.87. The van der Waals surface area contributed by atoms with Crippen molar-refractivity contribution >= 4 is 11.5 Å². The van der Waals surface area contributed by atoms with Gasteiger partial charge in [-0.1, -0.05) is 12.7 Å². The van der Waals surface area contributed by atoms with Gasteiger partial charge in [0, 0.05) is 49.6 Å². The van der Waals surface area contributed by atoms with Gasteiger partial charge in [0.15, 0.2) is 0 Å². The van der Waals surface area contributed by atoms with Crippen LogP contribution in [0, 0.1) is 11.3 Å². The highest BCUT2D eigenvalue weighted by molar-refractivity contribution is 5.84. The molecule has 8 nitrogen and oxygen atoms in total. The van der Waals surface area contributed by atoms with Gasteiger partial charge in [0.1, 0.15) is 6.67 Å². The first-order valence-electron chi connectivity index (χ1n) is 11.0. The number of halogens is 1. The molecule has 0 unspecified atom stereocenters. The number of nitrogens with zero attached hydrogens (tertiary/aromatic N) is 5. The predicted molar refractivity (Wildman–Crippen MR) is 131 cm³/mol. The highest BCUT2D eigenvalue weighted by Gasteiger charge is 2.25. The van der Waals surface area contributed by atoms with Gasteiger partial charge < -0.3 is 15.0 Å². The van der Waals surface area contributed by atoms with Gasteiger partial charge in [-0.05, 0) is 43.7 Å². The maximum atomic E-state index is 13.6. The Hall–Kier alpha value is -3.77. The molecule has 0 amide bonds. The minimum absolute atomic E-state index is 0.204. The lowest BCUT2D eigenvalue weighted by Gasteiger charge is -2.33. The second-order valence-electron chi connectivity index (χ2n) is 7.92. The maximum absolute atomic E-state index is 13.6. The van der Waals surface area contributed by atoms with Crippen molar-refractivity contribution in [3.8, 4) is 23.1 Å². The molecule has 0 spiro atoms.